The Bertz CT molecular complexity index is 416. The highest BCUT2D eigenvalue weighted by Crippen LogP contribution is 2.13. The Morgan fingerprint density at radius 2 is 1.81 bits per heavy atom. The van der Waals surface area contributed by atoms with Crippen LogP contribution in [0.5, 0.6) is 5.75 Å². The van der Waals surface area contributed by atoms with Crippen LogP contribution in [-0.4, -0.2) is 16.7 Å². The average molecular weight is 215 g/mol. The average Bonchev–Trinajstić information content (AvgIpc) is 2.38. The Kier molecular flexibility index (Phi) is 3.51. The van der Waals surface area contributed by atoms with Crippen molar-refractivity contribution in [2.24, 2.45) is 0 Å². The Hall–Kier alpha value is -1.87. The van der Waals surface area contributed by atoms with Gasteiger partial charge in [-0.25, -0.2) is 0 Å². The second-order valence-electron chi connectivity index (χ2n) is 3.39. The molecule has 1 heterocycles. The Balaban J connectivity index is 1.92. The summed E-state index contributed by atoms with van der Waals surface area (Å²) in [6.07, 6.45) is 0.961. The third-order valence-corrected chi connectivity index (χ3v) is 2.18. The van der Waals surface area contributed by atoms with Crippen molar-refractivity contribution in [1.82, 2.24) is 4.98 Å². The van der Waals surface area contributed by atoms with Gasteiger partial charge < -0.3 is 9.84 Å². The van der Waals surface area contributed by atoms with Crippen molar-refractivity contribution >= 4 is 0 Å². The quantitative estimate of drug-likeness (QED) is 0.850. The van der Waals surface area contributed by atoms with Gasteiger partial charge in [-0.2, -0.15) is 0 Å². The van der Waals surface area contributed by atoms with E-state index in [1.165, 1.54) is 0 Å². The molecule has 3 heteroatoms. The van der Waals surface area contributed by atoms with Gasteiger partial charge >= 0.3 is 0 Å². The van der Waals surface area contributed by atoms with Gasteiger partial charge in [0.2, 0.25) is 0 Å². The lowest BCUT2D eigenvalue weighted by atomic mass is 10.2. The van der Waals surface area contributed by atoms with Crippen LogP contribution in [0.2, 0.25) is 0 Å². The molecule has 3 nitrogen and oxygen atoms in total. The van der Waals surface area contributed by atoms with E-state index in [4.69, 9.17) is 4.74 Å². The summed E-state index contributed by atoms with van der Waals surface area (Å²) in [5, 5.41) is 9.79. The van der Waals surface area contributed by atoms with Crippen molar-refractivity contribution in [3.63, 3.8) is 0 Å². The van der Waals surface area contributed by atoms with E-state index >= 15 is 0 Å². The zero-order valence-electron chi connectivity index (χ0n) is 8.78. The van der Waals surface area contributed by atoms with Gasteiger partial charge in [0.05, 0.1) is 5.69 Å². The molecule has 0 aliphatic carbocycles. The summed E-state index contributed by atoms with van der Waals surface area (Å²) in [6.45, 7) is 0.209. The third kappa shape index (κ3) is 2.81. The molecule has 1 atom stereocenters. The van der Waals surface area contributed by atoms with Crippen molar-refractivity contribution in [3.8, 4) is 5.75 Å². The van der Waals surface area contributed by atoms with Gasteiger partial charge in [0.25, 0.3) is 0 Å². The van der Waals surface area contributed by atoms with Gasteiger partial charge in [-0.3, -0.25) is 4.98 Å². The molecule has 1 unspecified atom stereocenters. The molecule has 1 N–H and O–H groups in total. The van der Waals surface area contributed by atoms with E-state index in [1.54, 1.807) is 12.3 Å². The van der Waals surface area contributed by atoms with Crippen molar-refractivity contribution in [2.75, 3.05) is 6.61 Å². The first-order chi connectivity index (χ1) is 7.86. The summed E-state index contributed by atoms with van der Waals surface area (Å²) in [5.41, 5.74) is 0.624. The highest BCUT2D eigenvalue weighted by molar-refractivity contribution is 5.21. The monoisotopic (exact) mass is 215 g/mol. The molecule has 0 aliphatic heterocycles. The normalized spacial score (nSPS) is 12.1. The molecule has 0 saturated carbocycles. The highest BCUT2D eigenvalue weighted by Gasteiger charge is 2.08. The topological polar surface area (TPSA) is 42.4 Å². The van der Waals surface area contributed by atoms with E-state index in [0.29, 0.717) is 5.69 Å². The second kappa shape index (κ2) is 5.28. The van der Waals surface area contributed by atoms with Gasteiger partial charge in [0.1, 0.15) is 18.5 Å². The molecule has 0 saturated heterocycles. The number of aliphatic hydroxyl groups excluding tert-OH is 1. The summed E-state index contributed by atoms with van der Waals surface area (Å²) in [4.78, 5) is 4.06. The molecule has 0 spiro atoms. The summed E-state index contributed by atoms with van der Waals surface area (Å²) in [7, 11) is 0. The van der Waals surface area contributed by atoms with Crippen LogP contribution in [0.1, 0.15) is 11.8 Å². The fourth-order valence-corrected chi connectivity index (χ4v) is 1.35. The smallest absolute Gasteiger partial charge is 0.130 e. The second-order valence-corrected chi connectivity index (χ2v) is 3.39. The van der Waals surface area contributed by atoms with Crippen molar-refractivity contribution in [3.05, 3.63) is 60.4 Å². The standard InChI is InChI=1S/C13H13NO2/c15-13(12-8-4-5-9-14-12)10-16-11-6-2-1-3-7-11/h1-9,13,15H,10H2. The highest BCUT2D eigenvalue weighted by atomic mass is 16.5. The van der Waals surface area contributed by atoms with E-state index < -0.39 is 6.10 Å². The number of hydrogen-bond donors (Lipinski definition) is 1. The van der Waals surface area contributed by atoms with Gasteiger partial charge in [-0.15, -0.1) is 0 Å². The molecule has 1 aromatic heterocycles. The number of benzene rings is 1. The third-order valence-electron chi connectivity index (χ3n) is 2.18. The van der Waals surface area contributed by atoms with Gasteiger partial charge in [0, 0.05) is 6.20 Å². The lowest BCUT2D eigenvalue weighted by Gasteiger charge is -2.11. The maximum absolute atomic E-state index is 9.79. The van der Waals surface area contributed by atoms with E-state index in [-0.39, 0.29) is 6.61 Å². The largest absolute Gasteiger partial charge is 0.490 e. The first-order valence-corrected chi connectivity index (χ1v) is 5.13. The number of pyridine rings is 1. The van der Waals surface area contributed by atoms with Crippen molar-refractivity contribution in [2.45, 2.75) is 6.10 Å². The fourth-order valence-electron chi connectivity index (χ4n) is 1.35. The molecule has 0 fully saturated rings. The van der Waals surface area contributed by atoms with Gasteiger partial charge in [-0.1, -0.05) is 24.3 Å². The zero-order valence-corrected chi connectivity index (χ0v) is 8.78. The zero-order chi connectivity index (χ0) is 11.2. The molecule has 0 bridgehead atoms. The van der Waals surface area contributed by atoms with Crippen molar-refractivity contribution < 1.29 is 9.84 Å². The first-order valence-electron chi connectivity index (χ1n) is 5.13. The van der Waals surface area contributed by atoms with Crippen LogP contribution in [-0.2, 0) is 0 Å². The summed E-state index contributed by atoms with van der Waals surface area (Å²) < 4.78 is 5.43. The van der Waals surface area contributed by atoms with E-state index in [1.807, 2.05) is 42.5 Å². The minimum Gasteiger partial charge on any atom is -0.490 e. The summed E-state index contributed by atoms with van der Waals surface area (Å²) in [6, 6.07) is 14.8. The number of ether oxygens (including phenoxy) is 1. The molecule has 2 aromatic rings. The lowest BCUT2D eigenvalue weighted by Crippen LogP contribution is -2.10. The molecule has 0 amide bonds. The maximum Gasteiger partial charge on any atom is 0.130 e. The Labute approximate surface area is 94.3 Å². The molecule has 2 rings (SSSR count). The molecular weight excluding hydrogens is 202 g/mol. The molecule has 0 radical (unpaired) electrons. The van der Waals surface area contributed by atoms with Gasteiger partial charge in [0.15, 0.2) is 0 Å². The summed E-state index contributed by atoms with van der Waals surface area (Å²) in [5.74, 6) is 0.748. The van der Waals surface area contributed by atoms with Crippen LogP contribution >= 0.6 is 0 Å². The molecule has 82 valence electrons. The van der Waals surface area contributed by atoms with E-state index in [9.17, 15) is 5.11 Å². The maximum atomic E-state index is 9.79. The van der Waals surface area contributed by atoms with Crippen LogP contribution < -0.4 is 4.74 Å². The number of aliphatic hydroxyl groups is 1. The number of para-hydroxylation sites is 1. The Morgan fingerprint density at radius 1 is 1.06 bits per heavy atom. The first kappa shape index (κ1) is 10.6. The number of aromatic nitrogens is 1. The molecule has 16 heavy (non-hydrogen) atoms. The number of hydrogen-bond acceptors (Lipinski definition) is 3. The minimum atomic E-state index is -0.693. The fraction of sp³-hybridized carbons (Fsp3) is 0.154. The Morgan fingerprint density at radius 3 is 2.50 bits per heavy atom. The van der Waals surface area contributed by atoms with Crippen LogP contribution in [0.15, 0.2) is 54.7 Å². The van der Waals surface area contributed by atoms with Gasteiger partial charge in [-0.05, 0) is 24.3 Å². The van der Waals surface area contributed by atoms with Crippen LogP contribution in [0, 0.1) is 0 Å². The van der Waals surface area contributed by atoms with Crippen LogP contribution in [0.4, 0.5) is 0 Å². The number of rotatable bonds is 4. The van der Waals surface area contributed by atoms with Crippen molar-refractivity contribution in [1.29, 1.82) is 0 Å². The van der Waals surface area contributed by atoms with Crippen LogP contribution in [0.3, 0.4) is 0 Å². The minimum absolute atomic E-state index is 0.209. The summed E-state index contributed by atoms with van der Waals surface area (Å²) >= 11 is 0. The number of nitrogens with zero attached hydrogens (tertiary/aromatic N) is 1. The van der Waals surface area contributed by atoms with E-state index in [2.05, 4.69) is 4.98 Å². The van der Waals surface area contributed by atoms with Crippen LogP contribution in [0.25, 0.3) is 0 Å². The van der Waals surface area contributed by atoms with E-state index in [0.717, 1.165) is 5.75 Å². The molecular formula is C13H13NO2. The molecule has 0 aliphatic rings. The SMILES string of the molecule is OC(COc1ccccc1)c1ccccn1. The molecule has 1 aromatic carbocycles. The lowest BCUT2D eigenvalue weighted by molar-refractivity contribution is 0.104. The predicted octanol–water partition coefficient (Wildman–Crippen LogP) is 2.19. The predicted molar refractivity (Wildman–Crippen MR) is 61.1 cm³/mol.